The molecule has 0 atom stereocenters. The van der Waals surface area contributed by atoms with Crippen LogP contribution in [0.1, 0.15) is 13.8 Å². The first-order valence-electron chi connectivity index (χ1n) is 5.64. The van der Waals surface area contributed by atoms with Gasteiger partial charge >= 0.3 is 0 Å². The third-order valence-electron chi connectivity index (χ3n) is 2.44. The Morgan fingerprint density at radius 2 is 2.11 bits per heavy atom. The van der Waals surface area contributed by atoms with Crippen molar-refractivity contribution in [3.8, 4) is 11.5 Å². The zero-order valence-corrected chi connectivity index (χ0v) is 12.3. The molecule has 0 bridgehead atoms. The number of halogens is 1. The van der Waals surface area contributed by atoms with Gasteiger partial charge in [-0.3, -0.25) is 4.79 Å². The van der Waals surface area contributed by atoms with Gasteiger partial charge in [-0.15, -0.1) is 0 Å². The van der Waals surface area contributed by atoms with Crippen LogP contribution >= 0.6 is 23.4 Å². The average molecular weight is 301 g/mol. The average Bonchev–Trinajstić information content (AvgIpc) is 2.34. The van der Waals surface area contributed by atoms with Crippen LogP contribution in [0.4, 0.5) is 0 Å². The lowest BCUT2D eigenvalue weighted by Gasteiger charge is -2.13. The second-order valence-corrected chi connectivity index (χ2v) is 5.40. The largest absolute Gasteiger partial charge is 0.505 e. The summed E-state index contributed by atoms with van der Waals surface area (Å²) in [5, 5.41) is 10.6. The molecule has 1 N–H and O–H groups in total. The molecule has 19 heavy (non-hydrogen) atoms. The van der Waals surface area contributed by atoms with Gasteiger partial charge < -0.3 is 14.3 Å². The molecule has 2 rings (SSSR count). The van der Waals surface area contributed by atoms with Gasteiger partial charge in [0.1, 0.15) is 21.7 Å². The van der Waals surface area contributed by atoms with Crippen molar-refractivity contribution in [3.05, 3.63) is 27.4 Å². The third-order valence-corrected chi connectivity index (χ3v) is 3.41. The second-order valence-electron chi connectivity index (χ2n) is 4.21. The molecule has 1 heterocycles. The van der Waals surface area contributed by atoms with Crippen LogP contribution in [0.15, 0.2) is 26.4 Å². The number of benzene rings is 1. The van der Waals surface area contributed by atoms with E-state index in [1.54, 1.807) is 6.26 Å². The minimum atomic E-state index is -0.332. The molecule has 6 heteroatoms. The van der Waals surface area contributed by atoms with Gasteiger partial charge in [-0.1, -0.05) is 23.4 Å². The highest BCUT2D eigenvalue weighted by molar-refractivity contribution is 7.98. The number of thioether (sulfide) groups is 1. The van der Waals surface area contributed by atoms with Crippen molar-refractivity contribution in [3.63, 3.8) is 0 Å². The van der Waals surface area contributed by atoms with Crippen LogP contribution in [-0.4, -0.2) is 17.5 Å². The fourth-order valence-corrected chi connectivity index (χ4v) is 2.27. The topological polar surface area (TPSA) is 59.7 Å². The van der Waals surface area contributed by atoms with Gasteiger partial charge in [0.2, 0.25) is 0 Å². The van der Waals surface area contributed by atoms with E-state index in [1.165, 1.54) is 23.9 Å². The summed E-state index contributed by atoms with van der Waals surface area (Å²) in [6, 6.07) is 2.85. The van der Waals surface area contributed by atoms with Gasteiger partial charge in [-0.2, -0.15) is 0 Å². The Kier molecular flexibility index (Phi) is 3.96. The molecule has 102 valence electrons. The third kappa shape index (κ3) is 2.67. The SMILES string of the molecule is CSc1cc(=O)c2c(O)c(Cl)c(OC(C)C)cc2o1. The molecule has 1 aromatic carbocycles. The van der Waals surface area contributed by atoms with E-state index in [9.17, 15) is 9.90 Å². The van der Waals surface area contributed by atoms with E-state index in [-0.39, 0.29) is 33.3 Å². The van der Waals surface area contributed by atoms with Crippen molar-refractivity contribution in [1.29, 1.82) is 0 Å². The summed E-state index contributed by atoms with van der Waals surface area (Å²) in [6.45, 7) is 3.68. The normalized spacial score (nSPS) is 11.2. The summed E-state index contributed by atoms with van der Waals surface area (Å²) in [6.07, 6.45) is 1.69. The lowest BCUT2D eigenvalue weighted by Crippen LogP contribution is -2.07. The van der Waals surface area contributed by atoms with E-state index < -0.39 is 0 Å². The number of fused-ring (bicyclic) bond motifs is 1. The summed E-state index contributed by atoms with van der Waals surface area (Å²) in [5.74, 6) is -0.0145. The number of phenols is 1. The molecular weight excluding hydrogens is 288 g/mol. The molecule has 0 fully saturated rings. The molecule has 0 unspecified atom stereocenters. The molecule has 0 aliphatic carbocycles. The fraction of sp³-hybridized carbons (Fsp3) is 0.308. The number of aromatic hydroxyl groups is 1. The van der Waals surface area contributed by atoms with Crippen LogP contribution in [0.25, 0.3) is 11.0 Å². The molecule has 0 saturated carbocycles. The van der Waals surface area contributed by atoms with Crippen LogP contribution in [0.5, 0.6) is 11.5 Å². The number of hydrogen-bond acceptors (Lipinski definition) is 5. The summed E-state index contributed by atoms with van der Waals surface area (Å²) < 4.78 is 11.0. The smallest absolute Gasteiger partial charge is 0.197 e. The standard InChI is InChI=1S/C13H13ClO4S/c1-6(2)17-9-5-8-11(13(16)12(9)14)7(15)4-10(18-8)19-3/h4-6,16H,1-3H3. The predicted molar refractivity (Wildman–Crippen MR) is 76.7 cm³/mol. The Morgan fingerprint density at radius 3 is 2.68 bits per heavy atom. The maximum Gasteiger partial charge on any atom is 0.197 e. The zero-order chi connectivity index (χ0) is 14.2. The Morgan fingerprint density at radius 1 is 1.42 bits per heavy atom. The van der Waals surface area contributed by atoms with Gasteiger partial charge in [-0.05, 0) is 20.1 Å². The lowest BCUT2D eigenvalue weighted by molar-refractivity contribution is 0.241. The van der Waals surface area contributed by atoms with E-state index >= 15 is 0 Å². The van der Waals surface area contributed by atoms with Crippen LogP contribution in [0.3, 0.4) is 0 Å². The summed E-state index contributed by atoms with van der Waals surface area (Å²) >= 11 is 7.31. The Hall–Kier alpha value is -1.33. The van der Waals surface area contributed by atoms with Crippen LogP contribution in [0.2, 0.25) is 5.02 Å². The molecule has 0 saturated heterocycles. The second kappa shape index (κ2) is 5.35. The maximum absolute atomic E-state index is 11.9. The van der Waals surface area contributed by atoms with E-state index in [0.717, 1.165) is 0 Å². The maximum atomic E-state index is 11.9. The predicted octanol–water partition coefficient (Wildman–Crippen LogP) is 3.66. The van der Waals surface area contributed by atoms with Crippen molar-refractivity contribution in [1.82, 2.24) is 0 Å². The van der Waals surface area contributed by atoms with E-state index in [2.05, 4.69) is 0 Å². The van der Waals surface area contributed by atoms with Gasteiger partial charge in [0, 0.05) is 12.1 Å². The van der Waals surface area contributed by atoms with Crippen LogP contribution in [0, 0.1) is 0 Å². The van der Waals surface area contributed by atoms with Gasteiger partial charge in [0.15, 0.2) is 16.3 Å². The molecule has 0 aliphatic rings. The van der Waals surface area contributed by atoms with Crippen molar-refractivity contribution < 1.29 is 14.3 Å². The molecule has 0 spiro atoms. The Labute approximate surface area is 119 Å². The minimum Gasteiger partial charge on any atom is -0.505 e. The van der Waals surface area contributed by atoms with Crippen LogP contribution in [-0.2, 0) is 0 Å². The van der Waals surface area contributed by atoms with E-state index in [1.807, 2.05) is 13.8 Å². The lowest BCUT2D eigenvalue weighted by atomic mass is 10.2. The number of phenolic OH excluding ortho intramolecular Hbond substituents is 1. The molecule has 0 aliphatic heterocycles. The molecule has 0 amide bonds. The highest BCUT2D eigenvalue weighted by atomic mass is 35.5. The fourth-order valence-electron chi connectivity index (χ4n) is 1.67. The quantitative estimate of drug-likeness (QED) is 0.877. The van der Waals surface area contributed by atoms with E-state index in [4.69, 9.17) is 20.8 Å². The van der Waals surface area contributed by atoms with Gasteiger partial charge in [0.05, 0.1) is 6.10 Å². The Bertz CT molecular complexity index is 678. The Balaban J connectivity index is 2.77. The molecule has 0 radical (unpaired) electrons. The van der Waals surface area contributed by atoms with E-state index in [0.29, 0.717) is 10.8 Å². The molecule has 4 nitrogen and oxygen atoms in total. The summed E-state index contributed by atoms with van der Waals surface area (Å²) in [5.41, 5.74) is -0.0736. The number of rotatable bonds is 3. The first-order valence-corrected chi connectivity index (χ1v) is 7.24. The molecule has 2 aromatic rings. The highest BCUT2D eigenvalue weighted by Gasteiger charge is 2.17. The monoisotopic (exact) mass is 300 g/mol. The van der Waals surface area contributed by atoms with Crippen molar-refractivity contribution in [2.45, 2.75) is 25.0 Å². The molecular formula is C13H13ClO4S. The zero-order valence-electron chi connectivity index (χ0n) is 10.7. The summed E-state index contributed by atoms with van der Waals surface area (Å²) in [4.78, 5) is 11.9. The van der Waals surface area contributed by atoms with Gasteiger partial charge in [0.25, 0.3) is 0 Å². The molecule has 1 aromatic heterocycles. The minimum absolute atomic E-state index is 0.0189. The van der Waals surface area contributed by atoms with Gasteiger partial charge in [-0.25, -0.2) is 0 Å². The first kappa shape index (κ1) is 14.1. The van der Waals surface area contributed by atoms with Crippen molar-refractivity contribution in [2.24, 2.45) is 0 Å². The first-order chi connectivity index (χ1) is 8.93. The van der Waals surface area contributed by atoms with Crippen molar-refractivity contribution >= 4 is 34.3 Å². The number of hydrogen-bond donors (Lipinski definition) is 1. The highest BCUT2D eigenvalue weighted by Crippen LogP contribution is 2.39. The van der Waals surface area contributed by atoms with Crippen LogP contribution < -0.4 is 10.2 Å². The van der Waals surface area contributed by atoms with Crippen molar-refractivity contribution in [2.75, 3.05) is 6.26 Å². The summed E-state index contributed by atoms with van der Waals surface area (Å²) in [7, 11) is 0. The number of ether oxygens (including phenoxy) is 1.